The van der Waals surface area contributed by atoms with Crippen molar-refractivity contribution in [3.05, 3.63) is 76.8 Å². The quantitative estimate of drug-likeness (QED) is 0.0538. The normalized spacial score (nSPS) is 16.5. The zero-order chi connectivity index (χ0) is 36.0. The summed E-state index contributed by atoms with van der Waals surface area (Å²) in [5.41, 5.74) is 18.3. The first kappa shape index (κ1) is 38.4. The molecule has 1 saturated carbocycles. The first-order valence-electron chi connectivity index (χ1n) is 17.3. The van der Waals surface area contributed by atoms with E-state index in [0.29, 0.717) is 70.0 Å². The molecule has 1 aliphatic rings. The number of benzene rings is 2. The Kier molecular flexibility index (Phi) is 14.8. The van der Waals surface area contributed by atoms with Crippen molar-refractivity contribution in [3.8, 4) is 16.9 Å². The lowest BCUT2D eigenvalue weighted by Crippen LogP contribution is -2.33. The number of aliphatic hydroxyl groups excluding tert-OH is 1. The minimum atomic E-state index is -0.453. The zero-order valence-electron chi connectivity index (χ0n) is 29.0. The average molecular weight is 727 g/mol. The van der Waals surface area contributed by atoms with Crippen molar-refractivity contribution in [3.63, 3.8) is 0 Å². The highest BCUT2D eigenvalue weighted by atomic mass is 35.5. The third kappa shape index (κ3) is 11.3. The number of aromatic nitrogens is 2. The summed E-state index contributed by atoms with van der Waals surface area (Å²) in [7, 11) is 0. The van der Waals surface area contributed by atoms with Crippen LogP contribution >= 0.6 is 11.6 Å². The number of anilines is 1. The fourth-order valence-electron chi connectivity index (χ4n) is 5.87. The molecule has 51 heavy (non-hydrogen) atoms. The van der Waals surface area contributed by atoms with E-state index in [9.17, 15) is 4.39 Å². The molecule has 0 aliphatic heterocycles. The van der Waals surface area contributed by atoms with Crippen LogP contribution in [0, 0.1) is 12.7 Å². The fraction of sp³-hybridized carbons (Fsp3) is 0.459. The summed E-state index contributed by atoms with van der Waals surface area (Å²) in [6.45, 7) is 6.00. The summed E-state index contributed by atoms with van der Waals surface area (Å²) < 4.78 is 43.4. The van der Waals surface area contributed by atoms with Gasteiger partial charge in [0.05, 0.1) is 93.1 Å². The van der Waals surface area contributed by atoms with Crippen molar-refractivity contribution in [2.75, 3.05) is 71.4 Å². The van der Waals surface area contributed by atoms with Crippen molar-refractivity contribution >= 4 is 34.3 Å². The molecule has 0 unspecified atom stereocenters. The van der Waals surface area contributed by atoms with Gasteiger partial charge in [-0.25, -0.2) is 13.9 Å². The van der Waals surface area contributed by atoms with Crippen LogP contribution in [0.3, 0.4) is 0 Å². The number of rotatable bonds is 20. The maximum Gasteiger partial charge on any atom is 0.135 e. The number of nitrogens with zero attached hydrogens (tertiary/aromatic N) is 3. The van der Waals surface area contributed by atoms with E-state index in [4.69, 9.17) is 51.9 Å². The van der Waals surface area contributed by atoms with Gasteiger partial charge in [0, 0.05) is 29.9 Å². The number of ether oxygens (including phenoxy) is 5. The van der Waals surface area contributed by atoms with Gasteiger partial charge in [0.15, 0.2) is 0 Å². The van der Waals surface area contributed by atoms with E-state index >= 15 is 0 Å². The maximum atomic E-state index is 14.0. The third-order valence-electron chi connectivity index (χ3n) is 8.54. The predicted octanol–water partition coefficient (Wildman–Crippen LogP) is 5.26. The van der Waals surface area contributed by atoms with Crippen LogP contribution in [0.4, 0.5) is 15.8 Å². The first-order chi connectivity index (χ1) is 24.8. The molecule has 5 rings (SSSR count). The number of aliphatic imine (C=N–C) groups is 1. The fourth-order valence-corrected chi connectivity index (χ4v) is 6.03. The molecule has 0 radical (unpaired) electrons. The lowest BCUT2D eigenvalue weighted by Gasteiger charge is -2.28. The Morgan fingerprint density at radius 1 is 0.941 bits per heavy atom. The van der Waals surface area contributed by atoms with Crippen LogP contribution in [0.15, 0.2) is 59.9 Å². The van der Waals surface area contributed by atoms with Gasteiger partial charge in [0.2, 0.25) is 0 Å². The van der Waals surface area contributed by atoms with Gasteiger partial charge in [0.1, 0.15) is 24.0 Å². The van der Waals surface area contributed by atoms with Crippen molar-refractivity contribution < 1.29 is 33.2 Å². The maximum absolute atomic E-state index is 14.0. The number of aryl methyl sites for hydroxylation is 1. The van der Waals surface area contributed by atoms with E-state index in [2.05, 4.69) is 21.5 Å². The number of amidine groups is 1. The summed E-state index contributed by atoms with van der Waals surface area (Å²) in [5.74, 6) is 0.469. The smallest absolute Gasteiger partial charge is 0.135 e. The van der Waals surface area contributed by atoms with Gasteiger partial charge >= 0.3 is 0 Å². The van der Waals surface area contributed by atoms with E-state index in [1.54, 1.807) is 6.20 Å². The van der Waals surface area contributed by atoms with E-state index in [-0.39, 0.29) is 30.2 Å². The molecule has 0 atom stereocenters. The van der Waals surface area contributed by atoms with Crippen molar-refractivity contribution in [2.45, 2.75) is 44.7 Å². The molecule has 2 aromatic carbocycles. The molecule has 0 saturated heterocycles. The molecule has 1 aliphatic carbocycles. The molecule has 276 valence electrons. The molecule has 6 N–H and O–H groups in total. The summed E-state index contributed by atoms with van der Waals surface area (Å²) in [5, 5.41) is 17.3. The highest BCUT2D eigenvalue weighted by Gasteiger charge is 2.23. The molecule has 1 fully saturated rings. The van der Waals surface area contributed by atoms with Crippen LogP contribution < -0.4 is 21.5 Å². The van der Waals surface area contributed by atoms with Crippen LogP contribution in [0.5, 0.6) is 5.75 Å². The van der Waals surface area contributed by atoms with Crippen LogP contribution in [-0.4, -0.2) is 98.7 Å². The molecule has 2 aromatic heterocycles. The minimum absolute atomic E-state index is 0.0102. The van der Waals surface area contributed by atoms with Gasteiger partial charge < -0.3 is 45.6 Å². The molecule has 4 aromatic rings. The molecule has 12 nitrogen and oxygen atoms in total. The Morgan fingerprint density at radius 3 is 2.27 bits per heavy atom. The molecule has 0 bridgehead atoms. The second kappa shape index (κ2) is 19.7. The summed E-state index contributed by atoms with van der Waals surface area (Å²) in [6.07, 6.45) is 7.36. The topological polar surface area (TPSA) is 160 Å². The monoisotopic (exact) mass is 726 g/mol. The number of nitrogens with two attached hydrogens (primary N) is 2. The lowest BCUT2D eigenvalue weighted by atomic mass is 9.91. The number of halogens is 2. The number of fused-ring (bicyclic) bond motifs is 1. The second-order valence-corrected chi connectivity index (χ2v) is 12.7. The summed E-state index contributed by atoms with van der Waals surface area (Å²) in [4.78, 5) is 4.49. The number of aliphatic hydroxyl groups is 1. The number of nitrogens with one attached hydrogen (secondary N) is 1. The second-order valence-electron chi connectivity index (χ2n) is 12.3. The van der Waals surface area contributed by atoms with Crippen LogP contribution in [0.25, 0.3) is 16.6 Å². The highest BCUT2D eigenvalue weighted by molar-refractivity contribution is 6.33. The summed E-state index contributed by atoms with van der Waals surface area (Å²) in [6, 6.07) is 12.5. The van der Waals surface area contributed by atoms with E-state index in [1.807, 2.05) is 35.8 Å². The lowest BCUT2D eigenvalue weighted by molar-refractivity contribution is -0.00779. The van der Waals surface area contributed by atoms with Crippen molar-refractivity contribution in [1.29, 1.82) is 0 Å². The van der Waals surface area contributed by atoms with Crippen molar-refractivity contribution in [2.24, 2.45) is 16.5 Å². The van der Waals surface area contributed by atoms with E-state index in [0.717, 1.165) is 59.3 Å². The molecule has 14 heteroatoms. The third-order valence-corrected chi connectivity index (χ3v) is 8.86. The Labute approximate surface area is 302 Å². The van der Waals surface area contributed by atoms with Gasteiger partial charge in [-0.15, -0.1) is 0 Å². The molecular weight excluding hydrogens is 679 g/mol. The molecular formula is C37H48ClFN6O6. The SMILES string of the molecule is Cc1cc(OCCOCCOCCOCCOCCO)ccc1-c1cc2c(NC3CCC(N)CC3)c(C(N)=Nc3cc(F)ccc3Cl)cnn2c1. The first-order valence-corrected chi connectivity index (χ1v) is 17.7. The van der Waals surface area contributed by atoms with Crippen LogP contribution in [0.2, 0.25) is 5.02 Å². The van der Waals surface area contributed by atoms with E-state index in [1.165, 1.54) is 18.2 Å². The molecule has 0 spiro atoms. The van der Waals surface area contributed by atoms with Gasteiger partial charge in [0.25, 0.3) is 0 Å². The van der Waals surface area contributed by atoms with Gasteiger partial charge in [-0.3, -0.25) is 0 Å². The Morgan fingerprint density at radius 2 is 1.61 bits per heavy atom. The zero-order valence-corrected chi connectivity index (χ0v) is 29.7. The highest BCUT2D eigenvalue weighted by Crippen LogP contribution is 2.34. The van der Waals surface area contributed by atoms with Crippen molar-refractivity contribution in [1.82, 2.24) is 9.61 Å². The van der Waals surface area contributed by atoms with Gasteiger partial charge in [-0.2, -0.15) is 5.10 Å². The largest absolute Gasteiger partial charge is 0.491 e. The Hall–Kier alpha value is -3.82. The predicted molar refractivity (Wildman–Crippen MR) is 197 cm³/mol. The average Bonchev–Trinajstić information content (AvgIpc) is 3.55. The summed E-state index contributed by atoms with van der Waals surface area (Å²) >= 11 is 6.31. The Balaban J connectivity index is 1.21. The standard InChI is InChI=1S/C37H48ClFN6O6/c1-25-20-30(51-19-18-50-17-16-49-15-14-48-13-12-47-11-10-46)7-8-31(25)26-21-35-36(43-29-5-3-28(40)4-6-29)32(23-42-45(35)24-26)37(41)44-34-22-27(39)2-9-33(34)38/h2,7-9,20-24,28-29,43,46H,3-6,10-19,40H2,1H3,(H2,41,44). The molecule has 0 amide bonds. The van der Waals surface area contributed by atoms with E-state index < -0.39 is 5.82 Å². The van der Waals surface area contributed by atoms with Crippen LogP contribution in [0.1, 0.15) is 36.8 Å². The van der Waals surface area contributed by atoms with Gasteiger partial charge in [-0.05, 0) is 74.1 Å². The van der Waals surface area contributed by atoms with Gasteiger partial charge in [-0.1, -0.05) is 17.7 Å². The van der Waals surface area contributed by atoms with Crippen LogP contribution in [-0.2, 0) is 18.9 Å². The minimum Gasteiger partial charge on any atom is -0.491 e. The molecule has 2 heterocycles. The number of hydrogen-bond donors (Lipinski definition) is 4. The number of hydrogen-bond acceptors (Lipinski definition) is 10. The Bertz CT molecular complexity index is 1730.